The third kappa shape index (κ3) is 4.08. The molecule has 0 amide bonds. The number of oxime groups is 1. The molecule has 0 N–H and O–H groups in total. The van der Waals surface area contributed by atoms with Crippen LogP contribution < -0.4 is 4.74 Å². The number of allylic oxidation sites excluding steroid dienone is 2. The lowest BCUT2D eigenvalue weighted by atomic mass is 10.2. The van der Waals surface area contributed by atoms with Crippen LogP contribution in [0.4, 0.5) is 22.0 Å². The second-order valence-corrected chi connectivity index (χ2v) is 6.89. The van der Waals surface area contributed by atoms with E-state index in [-0.39, 0.29) is 12.2 Å². The molecule has 1 aliphatic heterocycles. The Kier molecular flexibility index (Phi) is 5.06. The first-order valence-corrected chi connectivity index (χ1v) is 8.30. The van der Waals surface area contributed by atoms with Gasteiger partial charge in [-0.2, -0.15) is 27.1 Å². The Labute approximate surface area is 138 Å². The number of hydrogen-bond acceptors (Lipinski definition) is 6. The number of ether oxygens (including phenoxy) is 1. The zero-order valence-electron chi connectivity index (χ0n) is 12.8. The quantitative estimate of drug-likeness (QED) is 0.740. The molecule has 2 rings (SSSR count). The van der Waals surface area contributed by atoms with E-state index in [9.17, 15) is 30.4 Å². The molecule has 2 heterocycles. The smallest absolute Gasteiger partial charge is 0.417 e. The van der Waals surface area contributed by atoms with Gasteiger partial charge in [-0.15, -0.1) is 0 Å². The summed E-state index contributed by atoms with van der Waals surface area (Å²) in [6, 6.07) is 0. The van der Waals surface area contributed by atoms with Crippen molar-refractivity contribution in [2.24, 2.45) is 12.2 Å². The molecule has 0 unspecified atom stereocenters. The Morgan fingerprint density at radius 2 is 2.04 bits per heavy atom. The van der Waals surface area contributed by atoms with Crippen LogP contribution in [0, 0.1) is 0 Å². The summed E-state index contributed by atoms with van der Waals surface area (Å²) in [4.78, 5) is 4.71. The highest BCUT2D eigenvalue weighted by molar-refractivity contribution is 8.05. The van der Waals surface area contributed by atoms with Crippen LogP contribution in [0.5, 0.6) is 5.88 Å². The lowest BCUT2D eigenvalue weighted by molar-refractivity contribution is -0.142. The first kappa shape index (κ1) is 19.1. The molecule has 0 saturated heterocycles. The molecule has 0 spiro atoms. The van der Waals surface area contributed by atoms with Crippen molar-refractivity contribution >= 4 is 14.9 Å². The van der Waals surface area contributed by atoms with Gasteiger partial charge < -0.3 is 9.57 Å². The number of nitrogens with zero attached hydrogens (tertiary/aromatic N) is 3. The van der Waals surface area contributed by atoms with Crippen LogP contribution in [-0.4, -0.2) is 29.9 Å². The monoisotopic (exact) mass is 389 g/mol. The Morgan fingerprint density at radius 3 is 2.52 bits per heavy atom. The molecule has 0 atom stereocenters. The molecule has 25 heavy (non-hydrogen) atoms. The van der Waals surface area contributed by atoms with Crippen LogP contribution in [0.3, 0.4) is 0 Å². The van der Waals surface area contributed by atoms with Crippen LogP contribution in [0.15, 0.2) is 17.0 Å². The third-order valence-electron chi connectivity index (χ3n) is 3.16. The van der Waals surface area contributed by atoms with Gasteiger partial charge in [-0.3, -0.25) is 0 Å². The highest BCUT2D eigenvalue weighted by Crippen LogP contribution is 2.37. The normalized spacial score (nSPS) is 17.1. The molecule has 1 aromatic heterocycles. The summed E-state index contributed by atoms with van der Waals surface area (Å²) >= 11 is 0. The van der Waals surface area contributed by atoms with Crippen molar-refractivity contribution in [2.75, 3.05) is 0 Å². The van der Waals surface area contributed by atoms with Crippen molar-refractivity contribution in [2.45, 2.75) is 31.9 Å². The molecule has 0 saturated carbocycles. The summed E-state index contributed by atoms with van der Waals surface area (Å²) in [5.41, 5.74) is -2.65. The molecule has 13 heteroatoms. The van der Waals surface area contributed by atoms with Crippen LogP contribution >= 0.6 is 0 Å². The lowest BCUT2D eigenvalue weighted by Gasteiger charge is -2.09. The van der Waals surface area contributed by atoms with Gasteiger partial charge in [0, 0.05) is 7.05 Å². The summed E-state index contributed by atoms with van der Waals surface area (Å²) in [7, 11) is -3.45. The Bertz CT molecular complexity index is 827. The van der Waals surface area contributed by atoms with Crippen LogP contribution in [0.25, 0.3) is 0 Å². The molecule has 140 valence electrons. The van der Waals surface area contributed by atoms with Crippen LogP contribution in [0.2, 0.25) is 0 Å². The Hall–Kier alpha value is -2.18. The van der Waals surface area contributed by atoms with Crippen LogP contribution in [-0.2, 0) is 33.7 Å². The summed E-state index contributed by atoms with van der Waals surface area (Å²) in [5.74, 6) is -2.06. The minimum atomic E-state index is -5.06. The van der Waals surface area contributed by atoms with Crippen molar-refractivity contribution in [1.82, 2.24) is 9.78 Å². The van der Waals surface area contributed by atoms with Gasteiger partial charge in [0.25, 0.3) is 0 Å². The second kappa shape index (κ2) is 6.61. The fourth-order valence-corrected chi connectivity index (χ4v) is 3.38. The molecule has 0 fully saturated rings. The molecular weight excluding hydrogens is 377 g/mol. The molecular formula is C12H12F5N3O4S. The predicted molar refractivity (Wildman–Crippen MR) is 74.4 cm³/mol. The van der Waals surface area contributed by atoms with E-state index < -0.39 is 50.6 Å². The average Bonchev–Trinajstić information content (AvgIpc) is 3.06. The molecule has 0 aromatic carbocycles. The Balaban J connectivity index is 2.47. The van der Waals surface area contributed by atoms with E-state index in [1.54, 1.807) is 6.92 Å². The largest absolute Gasteiger partial charge is 0.435 e. The first-order valence-electron chi connectivity index (χ1n) is 6.65. The van der Waals surface area contributed by atoms with Gasteiger partial charge in [-0.25, -0.2) is 13.1 Å². The van der Waals surface area contributed by atoms with Crippen molar-refractivity contribution in [3.63, 3.8) is 0 Å². The zero-order chi connectivity index (χ0) is 19.0. The number of aryl methyl sites for hydroxylation is 1. The topological polar surface area (TPSA) is 82.8 Å². The highest BCUT2D eigenvalue weighted by atomic mass is 32.2. The third-order valence-corrected chi connectivity index (χ3v) is 4.77. The lowest BCUT2D eigenvalue weighted by Crippen LogP contribution is -2.19. The van der Waals surface area contributed by atoms with Gasteiger partial charge in [0.05, 0.1) is 17.7 Å². The fourth-order valence-electron chi connectivity index (χ4n) is 2.06. The number of hydrogen-bond donors (Lipinski definition) is 0. The summed E-state index contributed by atoms with van der Waals surface area (Å²) in [6.07, 6.45) is -3.87. The molecule has 0 bridgehead atoms. The number of aromatic nitrogens is 2. The minimum absolute atomic E-state index is 0.199. The van der Waals surface area contributed by atoms with E-state index in [1.807, 2.05) is 0 Å². The van der Waals surface area contributed by atoms with Crippen molar-refractivity contribution in [3.8, 4) is 5.88 Å². The molecule has 1 aliphatic rings. The van der Waals surface area contributed by atoms with E-state index in [2.05, 4.69) is 15.0 Å². The number of halogens is 5. The molecule has 0 aliphatic carbocycles. The maximum absolute atomic E-state index is 13.1. The fraction of sp³-hybridized carbons (Fsp3) is 0.500. The Morgan fingerprint density at radius 1 is 1.40 bits per heavy atom. The van der Waals surface area contributed by atoms with Gasteiger partial charge in [0.1, 0.15) is 5.76 Å². The van der Waals surface area contributed by atoms with E-state index in [0.29, 0.717) is 4.68 Å². The maximum atomic E-state index is 13.1. The predicted octanol–water partition coefficient (Wildman–Crippen LogP) is 2.59. The molecule has 7 nitrogen and oxygen atoms in total. The molecule has 0 radical (unpaired) electrons. The summed E-state index contributed by atoms with van der Waals surface area (Å²) in [5, 5.41) is 5.86. The van der Waals surface area contributed by atoms with Gasteiger partial charge in [-0.05, 0) is 13.0 Å². The zero-order valence-corrected chi connectivity index (χ0v) is 13.7. The highest BCUT2D eigenvalue weighted by Gasteiger charge is 2.42. The standard InChI is InChI=1S/C12H12F5N3O4S/c1-3-6-4-8(19-24-6)25(21,22)5-7-9(12(15,16)17)18-20(2)10(7)23-11(13)14/h3,11H,4-5H2,1-2H3/b6-3+. The number of alkyl halides is 5. The van der Waals surface area contributed by atoms with Gasteiger partial charge >= 0.3 is 12.8 Å². The van der Waals surface area contributed by atoms with E-state index in [4.69, 9.17) is 4.84 Å². The molecule has 1 aromatic rings. The van der Waals surface area contributed by atoms with Gasteiger partial charge in [0.2, 0.25) is 5.88 Å². The van der Waals surface area contributed by atoms with Crippen LogP contribution in [0.1, 0.15) is 24.6 Å². The first-order chi connectivity index (χ1) is 11.5. The van der Waals surface area contributed by atoms with Crippen molar-refractivity contribution in [3.05, 3.63) is 23.1 Å². The van der Waals surface area contributed by atoms with E-state index in [1.165, 1.54) is 6.08 Å². The SMILES string of the molecule is C/C=C1\CC(S(=O)(=O)Cc2c(C(F)(F)F)nn(C)c2OC(F)F)=NO1. The van der Waals surface area contributed by atoms with E-state index in [0.717, 1.165) is 7.05 Å². The van der Waals surface area contributed by atoms with Gasteiger partial charge in [0.15, 0.2) is 20.6 Å². The number of rotatable bonds is 4. The average molecular weight is 389 g/mol. The van der Waals surface area contributed by atoms with Crippen molar-refractivity contribution in [1.29, 1.82) is 0 Å². The number of sulfone groups is 1. The second-order valence-electron chi connectivity index (χ2n) is 4.90. The van der Waals surface area contributed by atoms with E-state index >= 15 is 0 Å². The van der Waals surface area contributed by atoms with Crippen molar-refractivity contribution < 1.29 is 39.9 Å². The minimum Gasteiger partial charge on any atom is -0.417 e. The summed E-state index contributed by atoms with van der Waals surface area (Å²) in [6.45, 7) is -1.91. The maximum Gasteiger partial charge on any atom is 0.435 e. The van der Waals surface area contributed by atoms with Gasteiger partial charge in [-0.1, -0.05) is 5.16 Å². The summed E-state index contributed by atoms with van der Waals surface area (Å²) < 4.78 is 93.2.